The molecular weight excluding hydrogens is 333 g/mol. The molecule has 0 atom stereocenters. The van der Waals surface area contributed by atoms with Crippen molar-refractivity contribution in [2.75, 3.05) is 13.2 Å². The molecule has 0 unspecified atom stereocenters. The topological polar surface area (TPSA) is 51.3 Å². The van der Waals surface area contributed by atoms with Crippen molar-refractivity contribution in [3.8, 4) is 5.75 Å². The molecule has 0 fully saturated rings. The van der Waals surface area contributed by atoms with Crippen LogP contribution < -0.4 is 4.74 Å². The van der Waals surface area contributed by atoms with E-state index in [9.17, 15) is 9.18 Å². The van der Waals surface area contributed by atoms with Gasteiger partial charge in [0.1, 0.15) is 11.6 Å². The third kappa shape index (κ3) is 5.09. The highest BCUT2D eigenvalue weighted by atomic mass is 19.1. The average molecular weight is 355 g/mol. The Bertz CT molecular complexity index is 842. The molecule has 0 bridgehead atoms. The number of rotatable bonds is 9. The Kier molecular flexibility index (Phi) is 6.25. The van der Waals surface area contributed by atoms with Crippen LogP contribution in [0.5, 0.6) is 5.75 Å². The van der Waals surface area contributed by atoms with Gasteiger partial charge in [0.05, 0.1) is 13.2 Å². The molecule has 1 heterocycles. The Labute approximate surface area is 151 Å². The largest absolute Gasteiger partial charge is 0.493 e. The lowest BCUT2D eigenvalue weighted by Crippen LogP contribution is -2.09. The Hall–Kier alpha value is -2.82. The second kappa shape index (κ2) is 9.04. The van der Waals surface area contributed by atoms with Gasteiger partial charge in [0, 0.05) is 29.9 Å². The molecule has 3 rings (SSSR count). The number of aromatic nitrogens is 1. The number of halogens is 1. The first-order valence-corrected chi connectivity index (χ1v) is 8.81. The fourth-order valence-corrected chi connectivity index (χ4v) is 2.80. The first-order valence-electron chi connectivity index (χ1n) is 8.81. The summed E-state index contributed by atoms with van der Waals surface area (Å²) in [5.74, 6) is 0.127. The first kappa shape index (κ1) is 18.0. The smallest absolute Gasteiger partial charge is 0.305 e. The van der Waals surface area contributed by atoms with E-state index in [0.29, 0.717) is 31.8 Å². The van der Waals surface area contributed by atoms with Crippen molar-refractivity contribution in [2.45, 2.75) is 25.7 Å². The highest BCUT2D eigenvalue weighted by molar-refractivity contribution is 5.83. The lowest BCUT2D eigenvalue weighted by atomic mass is 10.1. The molecule has 0 radical (unpaired) electrons. The van der Waals surface area contributed by atoms with Gasteiger partial charge < -0.3 is 14.5 Å². The molecular formula is C21H22FNO3. The fourth-order valence-electron chi connectivity index (χ4n) is 2.80. The van der Waals surface area contributed by atoms with Gasteiger partial charge in [-0.05, 0) is 48.7 Å². The number of para-hydroxylation sites is 1. The molecule has 0 aliphatic rings. The number of fused-ring (bicyclic) bond motifs is 1. The molecule has 4 nitrogen and oxygen atoms in total. The third-order valence-electron chi connectivity index (χ3n) is 4.14. The van der Waals surface area contributed by atoms with Crippen LogP contribution in [0.15, 0.2) is 54.7 Å². The molecule has 3 aromatic rings. The van der Waals surface area contributed by atoms with Crippen molar-refractivity contribution in [3.63, 3.8) is 0 Å². The van der Waals surface area contributed by atoms with Crippen LogP contribution in [0.1, 0.15) is 24.8 Å². The summed E-state index contributed by atoms with van der Waals surface area (Å²) in [5.41, 5.74) is 2.34. The van der Waals surface area contributed by atoms with Crippen molar-refractivity contribution in [1.29, 1.82) is 0 Å². The van der Waals surface area contributed by atoms with E-state index >= 15 is 0 Å². The summed E-state index contributed by atoms with van der Waals surface area (Å²) >= 11 is 0. The SMILES string of the molecule is O=C(CCCc1c[nH]c2ccccc12)OCCCOc1ccc(F)cc1. The number of benzene rings is 2. The number of aromatic amines is 1. The summed E-state index contributed by atoms with van der Waals surface area (Å²) in [7, 11) is 0. The first-order chi connectivity index (χ1) is 12.7. The van der Waals surface area contributed by atoms with E-state index in [4.69, 9.17) is 9.47 Å². The number of aryl methyl sites for hydroxylation is 1. The van der Waals surface area contributed by atoms with Crippen molar-refractivity contribution in [1.82, 2.24) is 4.98 Å². The van der Waals surface area contributed by atoms with Crippen molar-refractivity contribution in [3.05, 3.63) is 66.1 Å². The molecule has 2 aromatic carbocycles. The zero-order valence-corrected chi connectivity index (χ0v) is 14.5. The zero-order valence-electron chi connectivity index (χ0n) is 14.5. The molecule has 1 aromatic heterocycles. The summed E-state index contributed by atoms with van der Waals surface area (Å²) in [6.45, 7) is 0.751. The highest BCUT2D eigenvalue weighted by Gasteiger charge is 2.06. The van der Waals surface area contributed by atoms with E-state index in [0.717, 1.165) is 18.4 Å². The summed E-state index contributed by atoms with van der Waals surface area (Å²) in [6, 6.07) is 14.0. The number of hydrogen-bond donors (Lipinski definition) is 1. The standard InChI is InChI=1S/C21H22FNO3/c22-17-9-11-18(12-10-17)25-13-4-14-26-21(24)8-3-5-16-15-23-20-7-2-1-6-19(16)20/h1-2,6-7,9-12,15,23H,3-5,8,13-14H2. The number of carbonyl (C=O) groups excluding carboxylic acids is 1. The van der Waals surface area contributed by atoms with Crippen molar-refractivity contribution in [2.24, 2.45) is 0 Å². The molecule has 5 heteroatoms. The van der Waals surface area contributed by atoms with Gasteiger partial charge in [0.15, 0.2) is 0 Å². The van der Waals surface area contributed by atoms with E-state index in [-0.39, 0.29) is 11.8 Å². The van der Waals surface area contributed by atoms with Gasteiger partial charge in [0.25, 0.3) is 0 Å². The molecule has 0 aliphatic carbocycles. The van der Waals surface area contributed by atoms with Gasteiger partial charge in [-0.15, -0.1) is 0 Å². The maximum atomic E-state index is 12.8. The predicted octanol–water partition coefficient (Wildman–Crippen LogP) is 4.64. The molecule has 0 saturated carbocycles. The zero-order chi connectivity index (χ0) is 18.2. The monoisotopic (exact) mass is 355 g/mol. The van der Waals surface area contributed by atoms with E-state index in [2.05, 4.69) is 11.1 Å². The number of carbonyl (C=O) groups is 1. The minimum Gasteiger partial charge on any atom is -0.493 e. The summed E-state index contributed by atoms with van der Waals surface area (Å²) in [5, 5.41) is 1.21. The normalized spacial score (nSPS) is 10.8. The summed E-state index contributed by atoms with van der Waals surface area (Å²) in [4.78, 5) is 15.0. The van der Waals surface area contributed by atoms with Crippen LogP contribution >= 0.6 is 0 Å². The van der Waals surface area contributed by atoms with Gasteiger partial charge in [-0.25, -0.2) is 4.39 Å². The third-order valence-corrected chi connectivity index (χ3v) is 4.14. The number of nitrogens with one attached hydrogen (secondary N) is 1. The maximum absolute atomic E-state index is 12.8. The van der Waals surface area contributed by atoms with Gasteiger partial charge in [-0.3, -0.25) is 4.79 Å². The van der Waals surface area contributed by atoms with Crippen LogP contribution in [0.3, 0.4) is 0 Å². The maximum Gasteiger partial charge on any atom is 0.305 e. The molecule has 0 spiro atoms. The van der Waals surface area contributed by atoms with Gasteiger partial charge in [-0.1, -0.05) is 18.2 Å². The number of H-pyrrole nitrogens is 1. The highest BCUT2D eigenvalue weighted by Crippen LogP contribution is 2.19. The van der Waals surface area contributed by atoms with E-state index in [1.165, 1.54) is 23.1 Å². The Morgan fingerprint density at radius 3 is 2.65 bits per heavy atom. The van der Waals surface area contributed by atoms with Gasteiger partial charge in [-0.2, -0.15) is 0 Å². The molecule has 0 saturated heterocycles. The second-order valence-electron chi connectivity index (χ2n) is 6.09. The summed E-state index contributed by atoms with van der Waals surface area (Å²) in [6.07, 6.45) is 4.60. The summed E-state index contributed by atoms with van der Waals surface area (Å²) < 4.78 is 23.4. The number of ether oxygens (including phenoxy) is 2. The van der Waals surface area contributed by atoms with Crippen LogP contribution in [-0.4, -0.2) is 24.2 Å². The molecule has 1 N–H and O–H groups in total. The van der Waals surface area contributed by atoms with Crippen LogP contribution in [0, 0.1) is 5.82 Å². The molecule has 26 heavy (non-hydrogen) atoms. The molecule has 0 amide bonds. The fraction of sp³-hybridized carbons (Fsp3) is 0.286. The van der Waals surface area contributed by atoms with Crippen molar-refractivity contribution < 1.29 is 18.7 Å². The predicted molar refractivity (Wildman–Crippen MR) is 98.7 cm³/mol. The Morgan fingerprint density at radius 1 is 1.00 bits per heavy atom. The van der Waals surface area contributed by atoms with E-state index in [1.54, 1.807) is 12.1 Å². The van der Waals surface area contributed by atoms with Crippen LogP contribution in [0.2, 0.25) is 0 Å². The van der Waals surface area contributed by atoms with E-state index < -0.39 is 0 Å². The minimum absolute atomic E-state index is 0.188. The average Bonchev–Trinajstić information content (AvgIpc) is 3.06. The van der Waals surface area contributed by atoms with Gasteiger partial charge >= 0.3 is 5.97 Å². The van der Waals surface area contributed by atoms with Gasteiger partial charge in [0.2, 0.25) is 0 Å². The Balaban J connectivity index is 1.29. The Morgan fingerprint density at radius 2 is 1.81 bits per heavy atom. The van der Waals surface area contributed by atoms with Crippen LogP contribution in [-0.2, 0) is 16.0 Å². The van der Waals surface area contributed by atoms with Crippen molar-refractivity contribution >= 4 is 16.9 Å². The lowest BCUT2D eigenvalue weighted by Gasteiger charge is -2.07. The van der Waals surface area contributed by atoms with E-state index in [1.807, 2.05) is 24.4 Å². The number of hydrogen-bond acceptors (Lipinski definition) is 3. The second-order valence-corrected chi connectivity index (χ2v) is 6.09. The van der Waals surface area contributed by atoms with Crippen LogP contribution in [0.4, 0.5) is 4.39 Å². The quantitative estimate of drug-likeness (QED) is 0.449. The molecule has 136 valence electrons. The number of esters is 1. The lowest BCUT2D eigenvalue weighted by molar-refractivity contribution is -0.143. The van der Waals surface area contributed by atoms with Crippen LogP contribution in [0.25, 0.3) is 10.9 Å². The minimum atomic E-state index is -0.293. The molecule has 0 aliphatic heterocycles.